The van der Waals surface area contributed by atoms with Gasteiger partial charge in [-0.2, -0.15) is 5.10 Å². The first-order chi connectivity index (χ1) is 18.4. The number of aromatic hydroxyl groups is 1. The van der Waals surface area contributed by atoms with Crippen molar-refractivity contribution < 1.29 is 9.50 Å². The van der Waals surface area contributed by atoms with Crippen LogP contribution < -0.4 is 5.32 Å². The van der Waals surface area contributed by atoms with Crippen LogP contribution in [0, 0.1) is 5.82 Å². The van der Waals surface area contributed by atoms with E-state index < -0.39 is 0 Å². The van der Waals surface area contributed by atoms with E-state index >= 15 is 0 Å². The van der Waals surface area contributed by atoms with E-state index in [0.29, 0.717) is 40.5 Å². The zero-order chi connectivity index (χ0) is 26.2. The van der Waals surface area contributed by atoms with Crippen molar-refractivity contribution in [1.29, 1.82) is 0 Å². The molecule has 0 spiro atoms. The van der Waals surface area contributed by atoms with E-state index in [2.05, 4.69) is 35.4 Å². The van der Waals surface area contributed by atoms with Gasteiger partial charge in [-0.25, -0.2) is 9.37 Å². The molecule has 38 heavy (non-hydrogen) atoms. The number of hydrogen-bond acceptors (Lipinski definition) is 7. The predicted molar refractivity (Wildman–Crippen MR) is 146 cm³/mol. The molecule has 0 aliphatic heterocycles. The van der Waals surface area contributed by atoms with Crippen molar-refractivity contribution >= 4 is 27.6 Å². The number of benzene rings is 2. The molecule has 0 unspecified atom stereocenters. The van der Waals surface area contributed by atoms with Crippen LogP contribution in [0.2, 0.25) is 0 Å². The highest BCUT2D eigenvalue weighted by Crippen LogP contribution is 2.33. The van der Waals surface area contributed by atoms with Gasteiger partial charge in [0.15, 0.2) is 5.82 Å². The highest BCUT2D eigenvalue weighted by molar-refractivity contribution is 5.97. The molecule has 6 rings (SSSR count). The Kier molecular flexibility index (Phi) is 5.93. The minimum atomic E-state index is -0.350. The van der Waals surface area contributed by atoms with Crippen LogP contribution in [0.4, 0.5) is 10.1 Å². The van der Waals surface area contributed by atoms with Crippen LogP contribution in [0.25, 0.3) is 55.8 Å². The third kappa shape index (κ3) is 4.53. The lowest BCUT2D eigenvalue weighted by molar-refractivity contribution is 0.425. The molecule has 2 aromatic carbocycles. The SMILES string of the molecule is CN(C)CCNc1cc(F)cc(-c2nccc3[nH]c(-c4n[nH]c5ccc(-c6cncc(O)c6)cc45)nc23)c1. The molecule has 0 saturated carbocycles. The Bertz CT molecular complexity index is 1770. The first kappa shape index (κ1) is 23.6. The van der Waals surface area contributed by atoms with Gasteiger partial charge in [-0.05, 0) is 62.1 Å². The van der Waals surface area contributed by atoms with Gasteiger partial charge < -0.3 is 20.3 Å². The summed E-state index contributed by atoms with van der Waals surface area (Å²) in [6, 6.07) is 14.2. The summed E-state index contributed by atoms with van der Waals surface area (Å²) in [6.45, 7) is 1.51. The third-order valence-electron chi connectivity index (χ3n) is 6.30. The average Bonchev–Trinajstić information content (AvgIpc) is 3.51. The van der Waals surface area contributed by atoms with Crippen molar-refractivity contribution in [3.8, 4) is 39.7 Å². The van der Waals surface area contributed by atoms with E-state index in [4.69, 9.17) is 4.98 Å². The Hall–Kier alpha value is -4.83. The third-order valence-corrected chi connectivity index (χ3v) is 6.30. The van der Waals surface area contributed by atoms with Crippen LogP contribution in [-0.2, 0) is 0 Å². The Balaban J connectivity index is 1.40. The van der Waals surface area contributed by atoms with E-state index in [1.807, 2.05) is 44.4 Å². The van der Waals surface area contributed by atoms with E-state index in [1.54, 1.807) is 18.5 Å². The van der Waals surface area contributed by atoms with E-state index in [9.17, 15) is 9.50 Å². The van der Waals surface area contributed by atoms with Gasteiger partial charge in [0.25, 0.3) is 0 Å². The van der Waals surface area contributed by atoms with Crippen molar-refractivity contribution in [1.82, 2.24) is 35.0 Å². The summed E-state index contributed by atoms with van der Waals surface area (Å²) in [5.41, 5.74) is 6.43. The summed E-state index contributed by atoms with van der Waals surface area (Å²) < 4.78 is 14.6. The average molecular weight is 509 g/mol. The fourth-order valence-corrected chi connectivity index (χ4v) is 4.47. The molecule has 0 bridgehead atoms. The zero-order valence-corrected chi connectivity index (χ0v) is 20.8. The number of H-pyrrole nitrogens is 2. The van der Waals surface area contributed by atoms with Crippen molar-refractivity contribution in [2.24, 2.45) is 0 Å². The number of pyridine rings is 2. The Labute approximate surface area is 217 Å². The number of likely N-dealkylation sites (N-methyl/N-ethyl adjacent to an activating group) is 1. The van der Waals surface area contributed by atoms with Gasteiger partial charge >= 0.3 is 0 Å². The number of nitrogens with zero attached hydrogens (tertiary/aromatic N) is 5. The molecule has 10 heteroatoms. The number of hydrogen-bond donors (Lipinski definition) is 4. The van der Waals surface area contributed by atoms with Crippen LogP contribution in [0.1, 0.15) is 0 Å². The number of aromatic amines is 2. The second-order valence-electron chi connectivity index (χ2n) is 9.36. The number of imidazole rings is 1. The van der Waals surface area contributed by atoms with E-state index in [1.165, 1.54) is 18.3 Å². The number of aromatic nitrogens is 6. The van der Waals surface area contributed by atoms with Crippen molar-refractivity contribution in [3.63, 3.8) is 0 Å². The largest absolute Gasteiger partial charge is 0.506 e. The topological polar surface area (TPSA) is 119 Å². The van der Waals surface area contributed by atoms with Crippen LogP contribution >= 0.6 is 0 Å². The molecule has 6 aromatic rings. The minimum Gasteiger partial charge on any atom is -0.506 e. The molecule has 0 amide bonds. The summed E-state index contributed by atoms with van der Waals surface area (Å²) in [5.74, 6) is 0.310. The number of nitrogens with one attached hydrogen (secondary N) is 3. The van der Waals surface area contributed by atoms with Crippen LogP contribution in [0.3, 0.4) is 0 Å². The summed E-state index contributed by atoms with van der Waals surface area (Å²) in [5, 5.41) is 21.6. The van der Waals surface area contributed by atoms with Crippen molar-refractivity contribution in [2.45, 2.75) is 0 Å². The van der Waals surface area contributed by atoms with Crippen LogP contribution in [-0.4, -0.2) is 67.3 Å². The number of rotatable bonds is 7. The molecule has 4 aromatic heterocycles. The van der Waals surface area contributed by atoms with Gasteiger partial charge in [-0.3, -0.25) is 15.1 Å². The molecule has 0 radical (unpaired) electrons. The van der Waals surface area contributed by atoms with Gasteiger partial charge in [0, 0.05) is 47.7 Å². The standard InChI is InChI=1S/C28H25FN8O/c1-37(2)8-7-31-20-10-17(9-19(29)13-20)25-27-24(5-6-32-25)33-28(34-27)26-22-12-16(3-4-23(22)35-36-26)18-11-21(38)15-30-14-18/h3-6,9-15,31,38H,7-8H2,1-2H3,(H,33,34)(H,35,36). The molecule has 4 heterocycles. The fourth-order valence-electron chi connectivity index (χ4n) is 4.47. The highest BCUT2D eigenvalue weighted by atomic mass is 19.1. The summed E-state index contributed by atoms with van der Waals surface area (Å²) in [6.07, 6.45) is 4.77. The molecule has 0 fully saturated rings. The number of fused-ring (bicyclic) bond motifs is 2. The molecule has 0 aliphatic rings. The highest BCUT2D eigenvalue weighted by Gasteiger charge is 2.17. The summed E-state index contributed by atoms with van der Waals surface area (Å²) in [4.78, 5) is 18.9. The van der Waals surface area contributed by atoms with Gasteiger partial charge in [0.1, 0.15) is 22.8 Å². The van der Waals surface area contributed by atoms with Crippen LogP contribution in [0.15, 0.2) is 67.1 Å². The Morgan fingerprint density at radius 3 is 2.68 bits per heavy atom. The maximum absolute atomic E-state index is 14.6. The van der Waals surface area contributed by atoms with Gasteiger partial charge in [0.2, 0.25) is 0 Å². The molecule has 0 atom stereocenters. The normalized spacial score (nSPS) is 11.6. The van der Waals surface area contributed by atoms with Gasteiger partial charge in [-0.1, -0.05) is 6.07 Å². The summed E-state index contributed by atoms with van der Waals surface area (Å²) >= 11 is 0. The maximum Gasteiger partial charge on any atom is 0.159 e. The van der Waals surface area contributed by atoms with Crippen molar-refractivity contribution in [2.75, 3.05) is 32.5 Å². The van der Waals surface area contributed by atoms with Gasteiger partial charge in [-0.15, -0.1) is 0 Å². The lowest BCUT2D eigenvalue weighted by atomic mass is 10.0. The predicted octanol–water partition coefficient (Wildman–Crippen LogP) is 5.05. The molecule has 9 nitrogen and oxygen atoms in total. The van der Waals surface area contributed by atoms with Gasteiger partial charge in [0.05, 0.1) is 22.9 Å². The monoisotopic (exact) mass is 508 g/mol. The lowest BCUT2D eigenvalue weighted by Gasteiger charge is -2.12. The molecule has 190 valence electrons. The molecule has 0 saturated heterocycles. The lowest BCUT2D eigenvalue weighted by Crippen LogP contribution is -2.20. The smallest absolute Gasteiger partial charge is 0.159 e. The molecular weight excluding hydrogens is 483 g/mol. The second-order valence-corrected chi connectivity index (χ2v) is 9.36. The fraction of sp³-hybridized carbons (Fsp3) is 0.143. The first-order valence-corrected chi connectivity index (χ1v) is 12.1. The zero-order valence-electron chi connectivity index (χ0n) is 20.8. The second kappa shape index (κ2) is 9.56. The van der Waals surface area contributed by atoms with Crippen molar-refractivity contribution in [3.05, 3.63) is 72.9 Å². The number of halogens is 1. The molecular formula is C28H25FN8O. The van der Waals surface area contributed by atoms with E-state index in [0.717, 1.165) is 34.1 Å². The molecule has 4 N–H and O–H groups in total. The molecule has 0 aliphatic carbocycles. The minimum absolute atomic E-state index is 0.0979. The van der Waals surface area contributed by atoms with E-state index in [-0.39, 0.29) is 11.6 Å². The summed E-state index contributed by atoms with van der Waals surface area (Å²) in [7, 11) is 3.98. The first-order valence-electron chi connectivity index (χ1n) is 12.1. The Morgan fingerprint density at radius 2 is 1.84 bits per heavy atom. The Morgan fingerprint density at radius 1 is 0.947 bits per heavy atom. The maximum atomic E-state index is 14.6. The van der Waals surface area contributed by atoms with Crippen LogP contribution in [0.5, 0.6) is 5.75 Å². The quantitative estimate of drug-likeness (QED) is 0.238. The number of anilines is 1.